The van der Waals surface area contributed by atoms with E-state index in [1.54, 1.807) is 0 Å². The van der Waals surface area contributed by atoms with Crippen LogP contribution in [0.3, 0.4) is 0 Å². The van der Waals surface area contributed by atoms with Crippen LogP contribution in [0.25, 0.3) is 56.0 Å². The van der Waals surface area contributed by atoms with E-state index < -0.39 is 0 Å². The summed E-state index contributed by atoms with van der Waals surface area (Å²) in [7, 11) is 0. The second-order valence-electron chi connectivity index (χ2n) is 12.7. The van der Waals surface area contributed by atoms with Gasteiger partial charge in [0.2, 0.25) is 0 Å². The number of hydrogen-bond acceptors (Lipinski definition) is 1. The monoisotopic (exact) mass is 589 g/mol. The summed E-state index contributed by atoms with van der Waals surface area (Å²) < 4.78 is 0. The Morgan fingerprint density at radius 1 is 0.457 bits per heavy atom. The smallest absolute Gasteiger partial charge is 0.0468 e. The molecule has 0 unspecified atom stereocenters. The van der Waals surface area contributed by atoms with E-state index >= 15 is 0 Å². The fraction of sp³-hybridized carbons (Fsp3) is 0.0667. The van der Waals surface area contributed by atoms with Crippen molar-refractivity contribution >= 4 is 50.8 Å². The maximum absolute atomic E-state index is 4.24. The molecule has 0 atom stereocenters. The van der Waals surface area contributed by atoms with E-state index in [1.807, 2.05) is 12.2 Å². The number of anilines is 3. The minimum absolute atomic E-state index is 0.0953. The van der Waals surface area contributed by atoms with Gasteiger partial charge in [0.1, 0.15) is 0 Å². The summed E-state index contributed by atoms with van der Waals surface area (Å²) in [6.07, 6.45) is 3.94. The molecule has 46 heavy (non-hydrogen) atoms. The number of benzene rings is 7. The van der Waals surface area contributed by atoms with E-state index in [0.717, 1.165) is 28.2 Å². The van der Waals surface area contributed by atoms with E-state index in [4.69, 9.17) is 0 Å². The van der Waals surface area contributed by atoms with Crippen molar-refractivity contribution in [2.24, 2.45) is 0 Å². The van der Waals surface area contributed by atoms with E-state index in [1.165, 1.54) is 54.9 Å². The maximum Gasteiger partial charge on any atom is 0.0468 e. The van der Waals surface area contributed by atoms with Crippen LogP contribution in [0.15, 0.2) is 153 Å². The molecular formula is C45H35N. The van der Waals surface area contributed by atoms with Gasteiger partial charge in [-0.15, -0.1) is 0 Å². The van der Waals surface area contributed by atoms with Crippen molar-refractivity contribution in [1.29, 1.82) is 0 Å². The Labute approximate surface area is 271 Å². The Morgan fingerprint density at radius 3 is 1.76 bits per heavy atom. The van der Waals surface area contributed by atoms with E-state index in [2.05, 4.69) is 171 Å². The third-order valence-electron chi connectivity index (χ3n) is 9.82. The first kappa shape index (κ1) is 27.9. The molecule has 8 rings (SSSR count). The number of fused-ring (bicyclic) bond motifs is 6. The maximum atomic E-state index is 4.24. The number of nitrogens with zero attached hydrogens (tertiary/aromatic N) is 1. The second-order valence-corrected chi connectivity index (χ2v) is 12.7. The van der Waals surface area contributed by atoms with Crippen molar-refractivity contribution in [3.8, 4) is 22.3 Å². The highest BCUT2D eigenvalue weighted by atomic mass is 15.1. The topological polar surface area (TPSA) is 3.24 Å². The molecule has 0 saturated heterocycles. The van der Waals surface area contributed by atoms with Crippen LogP contribution in [0.5, 0.6) is 0 Å². The third-order valence-corrected chi connectivity index (χ3v) is 9.82. The van der Waals surface area contributed by atoms with Crippen molar-refractivity contribution in [3.63, 3.8) is 0 Å². The molecule has 0 saturated carbocycles. The molecule has 0 aliphatic heterocycles. The molecule has 0 heterocycles. The lowest BCUT2D eigenvalue weighted by atomic mass is 9.82. The fourth-order valence-electron chi connectivity index (χ4n) is 7.52. The van der Waals surface area contributed by atoms with Gasteiger partial charge in [0, 0.05) is 22.5 Å². The van der Waals surface area contributed by atoms with Crippen LogP contribution in [0.4, 0.5) is 17.1 Å². The molecule has 0 amide bonds. The second kappa shape index (κ2) is 10.8. The summed E-state index contributed by atoms with van der Waals surface area (Å²) in [4.78, 5) is 2.39. The molecule has 1 aliphatic rings. The minimum Gasteiger partial charge on any atom is -0.310 e. The Kier molecular flexibility index (Phi) is 6.51. The summed E-state index contributed by atoms with van der Waals surface area (Å²) in [6, 6.07) is 50.7. The summed E-state index contributed by atoms with van der Waals surface area (Å²) in [5, 5.41) is 4.80. The van der Waals surface area contributed by atoms with Gasteiger partial charge in [0.05, 0.1) is 0 Å². The van der Waals surface area contributed by atoms with Gasteiger partial charge < -0.3 is 4.90 Å². The lowest BCUT2D eigenvalue weighted by Gasteiger charge is -2.29. The highest BCUT2D eigenvalue weighted by Crippen LogP contribution is 2.51. The molecule has 0 spiro atoms. The molecule has 1 heteroatoms. The summed E-state index contributed by atoms with van der Waals surface area (Å²) >= 11 is 0. The zero-order chi connectivity index (χ0) is 31.4. The predicted molar refractivity (Wildman–Crippen MR) is 199 cm³/mol. The third kappa shape index (κ3) is 4.24. The molecule has 7 aromatic rings. The highest BCUT2D eigenvalue weighted by Gasteiger charge is 2.35. The summed E-state index contributed by atoms with van der Waals surface area (Å²) in [5.41, 5.74) is 13.3. The fourth-order valence-corrected chi connectivity index (χ4v) is 7.52. The zero-order valence-electron chi connectivity index (χ0n) is 26.3. The van der Waals surface area contributed by atoms with E-state index in [0.29, 0.717) is 0 Å². The molecule has 1 aliphatic carbocycles. The van der Waals surface area contributed by atoms with E-state index in [9.17, 15) is 0 Å². The first-order valence-corrected chi connectivity index (χ1v) is 15.9. The van der Waals surface area contributed by atoms with Crippen LogP contribution in [0, 0.1) is 0 Å². The van der Waals surface area contributed by atoms with Gasteiger partial charge in [-0.25, -0.2) is 0 Å². The summed E-state index contributed by atoms with van der Waals surface area (Å²) in [5.74, 6) is 0. The van der Waals surface area contributed by atoms with Crippen LogP contribution in [0.2, 0.25) is 0 Å². The Balaban J connectivity index is 1.35. The van der Waals surface area contributed by atoms with Gasteiger partial charge in [-0.2, -0.15) is 0 Å². The molecule has 0 N–H and O–H groups in total. The summed E-state index contributed by atoms with van der Waals surface area (Å²) in [6.45, 7) is 13.1. The Hall–Kier alpha value is -5.66. The minimum atomic E-state index is -0.0953. The predicted octanol–water partition coefficient (Wildman–Crippen LogP) is 12.7. The number of hydrogen-bond donors (Lipinski definition) is 0. The average Bonchev–Trinajstić information content (AvgIpc) is 3.34. The largest absolute Gasteiger partial charge is 0.310 e. The van der Waals surface area contributed by atoms with E-state index in [-0.39, 0.29) is 5.41 Å². The van der Waals surface area contributed by atoms with Gasteiger partial charge >= 0.3 is 0 Å². The molecule has 220 valence electrons. The van der Waals surface area contributed by atoms with Crippen molar-refractivity contribution in [3.05, 3.63) is 175 Å². The standard InChI is InChI=1S/C45H35N/c1-5-35-36(6-2)42-28-33(24-26-39(42)38-17-11-10-16-37(35)38)46(32-22-20-31(21-23-32)30-14-8-7-9-15-30)34-25-27-41-40-18-12-13-19-43(40)45(3,4)44(41)29-34/h5-29H,1-2H2,3-4H3. The number of rotatable bonds is 6. The Morgan fingerprint density at radius 2 is 1.00 bits per heavy atom. The van der Waals surface area contributed by atoms with Gasteiger partial charge in [-0.3, -0.25) is 0 Å². The van der Waals surface area contributed by atoms with Crippen molar-refractivity contribution in [1.82, 2.24) is 0 Å². The van der Waals surface area contributed by atoms with Crippen LogP contribution < -0.4 is 4.90 Å². The van der Waals surface area contributed by atoms with Crippen molar-refractivity contribution in [2.75, 3.05) is 4.90 Å². The van der Waals surface area contributed by atoms with Crippen molar-refractivity contribution < 1.29 is 0 Å². The SMILES string of the molecule is C=Cc1c(C=C)c2cc(N(c3ccc(-c4ccccc4)cc3)c3ccc4c(c3)C(C)(C)c3ccccc3-4)ccc2c2ccccc12. The molecule has 1 nitrogen and oxygen atoms in total. The molecular weight excluding hydrogens is 555 g/mol. The quantitative estimate of drug-likeness (QED) is 0.174. The Bertz CT molecular complexity index is 2310. The van der Waals surface area contributed by atoms with Crippen LogP contribution in [0.1, 0.15) is 36.1 Å². The average molecular weight is 590 g/mol. The lowest BCUT2D eigenvalue weighted by Crippen LogP contribution is -2.16. The lowest BCUT2D eigenvalue weighted by molar-refractivity contribution is 0.660. The molecule has 7 aromatic carbocycles. The van der Waals surface area contributed by atoms with Gasteiger partial charge in [0.25, 0.3) is 0 Å². The zero-order valence-corrected chi connectivity index (χ0v) is 26.3. The highest BCUT2D eigenvalue weighted by molar-refractivity contribution is 6.15. The van der Waals surface area contributed by atoms with Crippen LogP contribution in [-0.4, -0.2) is 0 Å². The van der Waals surface area contributed by atoms with Crippen LogP contribution in [-0.2, 0) is 5.41 Å². The molecule has 0 fully saturated rings. The van der Waals surface area contributed by atoms with Gasteiger partial charge in [0.15, 0.2) is 0 Å². The first-order chi connectivity index (χ1) is 22.5. The normalized spacial score (nSPS) is 12.9. The van der Waals surface area contributed by atoms with Crippen LogP contribution >= 0.6 is 0 Å². The van der Waals surface area contributed by atoms with Gasteiger partial charge in [-0.1, -0.05) is 142 Å². The molecule has 0 aromatic heterocycles. The molecule has 0 bridgehead atoms. The molecule has 0 radical (unpaired) electrons. The van der Waals surface area contributed by atoms with Gasteiger partial charge in [-0.05, 0) is 102 Å². The first-order valence-electron chi connectivity index (χ1n) is 15.9. The van der Waals surface area contributed by atoms with Crippen molar-refractivity contribution in [2.45, 2.75) is 19.3 Å².